The summed E-state index contributed by atoms with van der Waals surface area (Å²) >= 11 is 0. The highest BCUT2D eigenvalue weighted by Gasteiger charge is 2.31. The van der Waals surface area contributed by atoms with Crippen LogP contribution >= 0.6 is 0 Å². The van der Waals surface area contributed by atoms with Gasteiger partial charge in [0.15, 0.2) is 0 Å². The first-order valence-electron chi connectivity index (χ1n) is 5.89. The van der Waals surface area contributed by atoms with Gasteiger partial charge in [-0.25, -0.2) is 0 Å². The summed E-state index contributed by atoms with van der Waals surface area (Å²) < 4.78 is 10.6. The van der Waals surface area contributed by atoms with Crippen LogP contribution in [0.1, 0.15) is 58.5 Å². The maximum absolute atomic E-state index is 5.96. The highest BCUT2D eigenvalue weighted by Crippen LogP contribution is 2.34. The van der Waals surface area contributed by atoms with Crippen molar-refractivity contribution in [1.82, 2.24) is 10.1 Å². The number of hydrogen-bond acceptors (Lipinski definition) is 5. The molecule has 2 N–H and O–H groups in total. The topological polar surface area (TPSA) is 74.2 Å². The number of nitrogens with two attached hydrogens (primary N) is 1. The number of aromatic nitrogens is 2. The molecule has 0 aliphatic carbocycles. The molecule has 1 heterocycles. The maximum atomic E-state index is 5.96. The number of hydrogen-bond donors (Lipinski definition) is 1. The standard InChI is InChI=1S/C12H23N3O2/c1-7(2)8(13)11-14-10(15-17-11)9(16-6)12(3,4)5/h7-9H,13H2,1-6H3/t8-,9?/m1/s1. The molecule has 1 unspecified atom stereocenters. The van der Waals surface area contributed by atoms with E-state index in [0.717, 1.165) is 0 Å². The average molecular weight is 241 g/mol. The van der Waals surface area contributed by atoms with E-state index in [-0.39, 0.29) is 23.5 Å². The Hall–Kier alpha value is -0.940. The molecule has 0 aliphatic rings. The number of methoxy groups -OCH3 is 1. The Kier molecular flexibility index (Phi) is 4.27. The molecular weight excluding hydrogens is 218 g/mol. The lowest BCUT2D eigenvalue weighted by molar-refractivity contribution is 0.00718. The van der Waals surface area contributed by atoms with Crippen LogP contribution in [0.2, 0.25) is 0 Å². The highest BCUT2D eigenvalue weighted by molar-refractivity contribution is 4.99. The van der Waals surface area contributed by atoms with Crippen molar-refractivity contribution in [3.05, 3.63) is 11.7 Å². The third-order valence-corrected chi connectivity index (χ3v) is 2.72. The van der Waals surface area contributed by atoms with Gasteiger partial charge in [-0.1, -0.05) is 39.8 Å². The molecule has 0 spiro atoms. The summed E-state index contributed by atoms with van der Waals surface area (Å²) in [4.78, 5) is 4.34. The van der Waals surface area contributed by atoms with Gasteiger partial charge in [-0.2, -0.15) is 4.98 Å². The summed E-state index contributed by atoms with van der Waals surface area (Å²) in [5.41, 5.74) is 5.88. The molecule has 0 radical (unpaired) electrons. The molecule has 0 saturated carbocycles. The SMILES string of the molecule is COC(c1noc([C@H](N)C(C)C)n1)C(C)(C)C. The molecule has 0 bridgehead atoms. The van der Waals surface area contributed by atoms with Crippen LogP contribution in [-0.4, -0.2) is 17.3 Å². The van der Waals surface area contributed by atoms with Crippen LogP contribution in [0.4, 0.5) is 0 Å². The second-order valence-electron chi connectivity index (χ2n) is 5.74. The molecule has 0 fully saturated rings. The minimum absolute atomic E-state index is 0.0855. The predicted molar refractivity (Wildman–Crippen MR) is 65.3 cm³/mol. The molecule has 5 nitrogen and oxygen atoms in total. The van der Waals surface area contributed by atoms with Crippen LogP contribution < -0.4 is 5.73 Å². The van der Waals surface area contributed by atoms with Crippen LogP contribution in [0.15, 0.2) is 4.52 Å². The monoisotopic (exact) mass is 241 g/mol. The van der Waals surface area contributed by atoms with Crippen molar-refractivity contribution in [1.29, 1.82) is 0 Å². The van der Waals surface area contributed by atoms with Crippen molar-refractivity contribution < 1.29 is 9.26 Å². The van der Waals surface area contributed by atoms with Crippen molar-refractivity contribution in [2.75, 3.05) is 7.11 Å². The maximum Gasteiger partial charge on any atom is 0.243 e. The Bertz CT molecular complexity index is 355. The fourth-order valence-electron chi connectivity index (χ4n) is 1.62. The van der Waals surface area contributed by atoms with E-state index in [0.29, 0.717) is 11.7 Å². The van der Waals surface area contributed by atoms with Crippen LogP contribution in [0.5, 0.6) is 0 Å². The lowest BCUT2D eigenvalue weighted by Gasteiger charge is -2.26. The third kappa shape index (κ3) is 3.26. The van der Waals surface area contributed by atoms with E-state index >= 15 is 0 Å². The molecule has 1 aromatic rings. The van der Waals surface area contributed by atoms with Crippen molar-refractivity contribution in [3.8, 4) is 0 Å². The third-order valence-electron chi connectivity index (χ3n) is 2.72. The zero-order valence-corrected chi connectivity index (χ0v) is 11.5. The van der Waals surface area contributed by atoms with Crippen molar-refractivity contribution in [3.63, 3.8) is 0 Å². The molecule has 5 heteroatoms. The molecule has 1 aromatic heterocycles. The zero-order valence-electron chi connectivity index (χ0n) is 11.5. The molecule has 1 rings (SSSR count). The van der Waals surface area contributed by atoms with E-state index in [9.17, 15) is 0 Å². The molecule has 0 saturated heterocycles. The van der Waals surface area contributed by atoms with Crippen molar-refractivity contribution in [2.24, 2.45) is 17.1 Å². The van der Waals surface area contributed by atoms with E-state index in [2.05, 4.69) is 30.9 Å². The quantitative estimate of drug-likeness (QED) is 0.876. The normalized spacial score (nSPS) is 16.2. The first-order chi connectivity index (χ1) is 7.77. The lowest BCUT2D eigenvalue weighted by atomic mass is 9.88. The van der Waals surface area contributed by atoms with Gasteiger partial charge < -0.3 is 15.0 Å². The Morgan fingerprint density at radius 1 is 1.29 bits per heavy atom. The molecule has 0 aromatic carbocycles. The van der Waals surface area contributed by atoms with E-state index in [4.69, 9.17) is 15.0 Å². The average Bonchev–Trinajstić information content (AvgIpc) is 2.64. The number of rotatable bonds is 4. The van der Waals surface area contributed by atoms with Gasteiger partial charge in [-0.15, -0.1) is 0 Å². The highest BCUT2D eigenvalue weighted by atomic mass is 16.5. The largest absolute Gasteiger partial charge is 0.373 e. The van der Waals surface area contributed by atoms with Gasteiger partial charge in [-0.05, 0) is 11.3 Å². The van der Waals surface area contributed by atoms with E-state index in [1.54, 1.807) is 7.11 Å². The van der Waals surface area contributed by atoms with Gasteiger partial charge in [0.2, 0.25) is 11.7 Å². The van der Waals surface area contributed by atoms with Crippen molar-refractivity contribution in [2.45, 2.75) is 46.8 Å². The zero-order chi connectivity index (χ0) is 13.2. The van der Waals surface area contributed by atoms with Crippen LogP contribution in [0.25, 0.3) is 0 Å². The molecule has 0 amide bonds. The van der Waals surface area contributed by atoms with Gasteiger partial charge in [-0.3, -0.25) is 0 Å². The van der Waals surface area contributed by atoms with Gasteiger partial charge in [0.25, 0.3) is 0 Å². The summed E-state index contributed by atoms with van der Waals surface area (Å²) in [5, 5.41) is 3.97. The summed E-state index contributed by atoms with van der Waals surface area (Å²) in [5.74, 6) is 1.30. The molecular formula is C12H23N3O2. The van der Waals surface area contributed by atoms with Gasteiger partial charge in [0.05, 0.1) is 6.04 Å². The fraction of sp³-hybridized carbons (Fsp3) is 0.833. The first kappa shape index (κ1) is 14.1. The van der Waals surface area contributed by atoms with Gasteiger partial charge in [0.1, 0.15) is 6.10 Å². The predicted octanol–water partition coefficient (Wildman–Crippen LogP) is 2.46. The summed E-state index contributed by atoms with van der Waals surface area (Å²) in [6.45, 7) is 10.2. The van der Waals surface area contributed by atoms with Crippen LogP contribution in [0.3, 0.4) is 0 Å². The van der Waals surface area contributed by atoms with Crippen molar-refractivity contribution >= 4 is 0 Å². The minimum Gasteiger partial charge on any atom is -0.373 e. The second kappa shape index (κ2) is 5.14. The van der Waals surface area contributed by atoms with Gasteiger partial charge >= 0.3 is 0 Å². The Labute approximate surface area is 103 Å². The minimum atomic E-state index is -0.228. The van der Waals surface area contributed by atoms with Crippen LogP contribution in [-0.2, 0) is 4.74 Å². The molecule has 2 atom stereocenters. The lowest BCUT2D eigenvalue weighted by Crippen LogP contribution is -2.22. The Balaban J connectivity index is 2.94. The second-order valence-corrected chi connectivity index (χ2v) is 5.74. The molecule has 0 aliphatic heterocycles. The summed E-state index contributed by atoms with van der Waals surface area (Å²) in [7, 11) is 1.65. The van der Waals surface area contributed by atoms with Gasteiger partial charge in [0, 0.05) is 7.11 Å². The van der Waals surface area contributed by atoms with E-state index in [1.165, 1.54) is 0 Å². The Morgan fingerprint density at radius 2 is 1.88 bits per heavy atom. The smallest absolute Gasteiger partial charge is 0.243 e. The fourth-order valence-corrected chi connectivity index (χ4v) is 1.62. The number of ether oxygens (including phenoxy) is 1. The molecule has 17 heavy (non-hydrogen) atoms. The summed E-state index contributed by atoms with van der Waals surface area (Å²) in [6.07, 6.45) is -0.195. The number of nitrogens with zero attached hydrogens (tertiary/aromatic N) is 2. The summed E-state index contributed by atoms with van der Waals surface area (Å²) in [6, 6.07) is -0.228. The van der Waals surface area contributed by atoms with Crippen LogP contribution in [0, 0.1) is 11.3 Å². The van der Waals surface area contributed by atoms with E-state index < -0.39 is 0 Å². The Morgan fingerprint density at radius 3 is 2.29 bits per heavy atom. The first-order valence-corrected chi connectivity index (χ1v) is 5.89. The van der Waals surface area contributed by atoms with E-state index in [1.807, 2.05) is 13.8 Å². The molecule has 98 valence electrons.